The van der Waals surface area contributed by atoms with Crippen LogP contribution in [-0.2, 0) is 4.74 Å². The van der Waals surface area contributed by atoms with E-state index < -0.39 is 0 Å². The number of nitrogens with two attached hydrogens (primary N) is 1. The van der Waals surface area contributed by atoms with E-state index in [0.717, 1.165) is 36.6 Å². The van der Waals surface area contributed by atoms with Crippen molar-refractivity contribution < 1.29 is 4.74 Å². The topological polar surface area (TPSA) is 35.2 Å². The predicted octanol–water partition coefficient (Wildman–Crippen LogP) is 3.63. The van der Waals surface area contributed by atoms with Crippen molar-refractivity contribution in [2.24, 2.45) is 5.73 Å². The van der Waals surface area contributed by atoms with Crippen LogP contribution in [0.25, 0.3) is 0 Å². The Balaban J connectivity index is 2.04. The third-order valence-electron chi connectivity index (χ3n) is 2.93. The molecule has 1 fully saturated rings. The normalized spacial score (nSPS) is 19.2. The van der Waals surface area contributed by atoms with E-state index in [-0.39, 0.29) is 6.04 Å². The van der Waals surface area contributed by atoms with Crippen molar-refractivity contribution in [3.63, 3.8) is 0 Å². The van der Waals surface area contributed by atoms with Crippen molar-refractivity contribution >= 4 is 23.4 Å². The molecule has 1 aliphatic heterocycles. The molecule has 1 heterocycles. The first-order chi connectivity index (χ1) is 8.16. The molecule has 17 heavy (non-hydrogen) atoms. The van der Waals surface area contributed by atoms with Crippen molar-refractivity contribution in [3.8, 4) is 0 Å². The summed E-state index contributed by atoms with van der Waals surface area (Å²) in [7, 11) is 0. The number of rotatable bonds is 3. The van der Waals surface area contributed by atoms with Crippen molar-refractivity contribution in [1.82, 2.24) is 0 Å². The van der Waals surface area contributed by atoms with Gasteiger partial charge >= 0.3 is 0 Å². The fourth-order valence-corrected chi connectivity index (χ4v) is 3.50. The molecular formula is C13H18ClNOS. The van der Waals surface area contributed by atoms with Crippen LogP contribution in [0.15, 0.2) is 23.1 Å². The highest BCUT2D eigenvalue weighted by atomic mass is 35.5. The lowest BCUT2D eigenvalue weighted by molar-refractivity contribution is 0.100. The zero-order valence-electron chi connectivity index (χ0n) is 9.99. The fraction of sp³-hybridized carbons (Fsp3) is 0.538. The molecule has 0 radical (unpaired) electrons. The second-order valence-corrected chi connectivity index (χ2v) is 6.18. The molecule has 1 aromatic carbocycles. The number of hydrogen-bond donors (Lipinski definition) is 1. The summed E-state index contributed by atoms with van der Waals surface area (Å²) in [6.45, 7) is 3.71. The Morgan fingerprint density at radius 2 is 2.12 bits per heavy atom. The molecule has 1 aromatic rings. The van der Waals surface area contributed by atoms with Crippen molar-refractivity contribution in [2.75, 3.05) is 13.2 Å². The maximum atomic E-state index is 6.22. The molecule has 2 nitrogen and oxygen atoms in total. The molecule has 1 atom stereocenters. The lowest BCUT2D eigenvalue weighted by atomic mass is 10.1. The van der Waals surface area contributed by atoms with Crippen molar-refractivity contribution in [2.45, 2.75) is 36.0 Å². The molecule has 1 saturated heterocycles. The summed E-state index contributed by atoms with van der Waals surface area (Å²) in [4.78, 5) is 1.23. The smallest absolute Gasteiger partial charge is 0.0476 e. The van der Waals surface area contributed by atoms with Gasteiger partial charge in [0, 0.05) is 34.4 Å². The lowest BCUT2D eigenvalue weighted by Crippen LogP contribution is -2.17. The molecule has 4 heteroatoms. The van der Waals surface area contributed by atoms with Gasteiger partial charge in [0.2, 0.25) is 0 Å². The Morgan fingerprint density at radius 3 is 2.71 bits per heavy atom. The SMILES string of the molecule is CC(N)c1ccc(SC2CCOCC2)cc1Cl. The van der Waals surface area contributed by atoms with E-state index in [9.17, 15) is 0 Å². The lowest BCUT2D eigenvalue weighted by Gasteiger charge is -2.21. The van der Waals surface area contributed by atoms with Gasteiger partial charge in [0.1, 0.15) is 0 Å². The van der Waals surface area contributed by atoms with Gasteiger partial charge in [-0.1, -0.05) is 17.7 Å². The van der Waals surface area contributed by atoms with Crippen LogP contribution in [0.3, 0.4) is 0 Å². The van der Waals surface area contributed by atoms with Gasteiger partial charge in [-0.25, -0.2) is 0 Å². The van der Waals surface area contributed by atoms with E-state index in [1.807, 2.05) is 30.8 Å². The second kappa shape index (κ2) is 6.10. The maximum absolute atomic E-state index is 6.22. The standard InChI is InChI=1S/C13H18ClNOS/c1-9(15)12-3-2-11(8-13(12)14)17-10-4-6-16-7-5-10/h2-3,8-10H,4-7,15H2,1H3. The van der Waals surface area contributed by atoms with Gasteiger partial charge < -0.3 is 10.5 Å². The number of thioether (sulfide) groups is 1. The molecule has 0 aromatic heterocycles. The minimum Gasteiger partial charge on any atom is -0.381 e. The van der Waals surface area contributed by atoms with Crippen LogP contribution in [0.1, 0.15) is 31.4 Å². The molecule has 2 N–H and O–H groups in total. The summed E-state index contributed by atoms with van der Waals surface area (Å²) in [6.07, 6.45) is 2.24. The monoisotopic (exact) mass is 271 g/mol. The Morgan fingerprint density at radius 1 is 1.41 bits per heavy atom. The van der Waals surface area contributed by atoms with Crippen LogP contribution in [-0.4, -0.2) is 18.5 Å². The van der Waals surface area contributed by atoms with Gasteiger partial charge in [0.05, 0.1) is 0 Å². The highest BCUT2D eigenvalue weighted by Gasteiger charge is 2.15. The van der Waals surface area contributed by atoms with E-state index in [0.29, 0.717) is 5.25 Å². The molecule has 0 saturated carbocycles. The Kier molecular flexibility index (Phi) is 4.74. The van der Waals surface area contributed by atoms with Crippen LogP contribution in [0.2, 0.25) is 5.02 Å². The summed E-state index contributed by atoms with van der Waals surface area (Å²) in [5, 5.41) is 1.43. The van der Waals surface area contributed by atoms with Crippen LogP contribution < -0.4 is 5.73 Å². The molecule has 1 aliphatic rings. The van der Waals surface area contributed by atoms with E-state index in [1.165, 1.54) is 4.90 Å². The van der Waals surface area contributed by atoms with Crippen molar-refractivity contribution in [1.29, 1.82) is 0 Å². The summed E-state index contributed by atoms with van der Waals surface area (Å²) in [6, 6.07) is 6.17. The Bertz CT molecular complexity index is 378. The average molecular weight is 272 g/mol. The number of hydrogen-bond acceptors (Lipinski definition) is 3. The van der Waals surface area contributed by atoms with Crippen molar-refractivity contribution in [3.05, 3.63) is 28.8 Å². The fourth-order valence-electron chi connectivity index (χ4n) is 1.94. The second-order valence-electron chi connectivity index (χ2n) is 4.40. The van der Waals surface area contributed by atoms with E-state index in [1.54, 1.807) is 0 Å². The highest BCUT2D eigenvalue weighted by molar-refractivity contribution is 8.00. The molecule has 1 unspecified atom stereocenters. The number of halogens is 1. The zero-order chi connectivity index (χ0) is 12.3. The molecule has 0 bridgehead atoms. The van der Waals surface area contributed by atoms with Crippen LogP contribution >= 0.6 is 23.4 Å². The highest BCUT2D eigenvalue weighted by Crippen LogP contribution is 2.33. The van der Waals surface area contributed by atoms with Crippen LogP contribution in [0.4, 0.5) is 0 Å². The van der Waals surface area contributed by atoms with Gasteiger partial charge in [-0.05, 0) is 37.5 Å². The quantitative estimate of drug-likeness (QED) is 0.912. The molecule has 94 valence electrons. The molecule has 0 spiro atoms. The first-order valence-corrected chi connectivity index (χ1v) is 7.22. The minimum atomic E-state index is -0.00960. The van der Waals surface area contributed by atoms with Crippen LogP contribution in [0.5, 0.6) is 0 Å². The zero-order valence-corrected chi connectivity index (χ0v) is 11.6. The van der Waals surface area contributed by atoms with Crippen LogP contribution in [0, 0.1) is 0 Å². The minimum absolute atomic E-state index is 0.00960. The van der Waals surface area contributed by atoms with Gasteiger partial charge in [0.25, 0.3) is 0 Å². The summed E-state index contributed by atoms with van der Waals surface area (Å²) >= 11 is 8.12. The van der Waals surface area contributed by atoms with E-state index in [2.05, 4.69) is 6.07 Å². The maximum Gasteiger partial charge on any atom is 0.0476 e. The predicted molar refractivity (Wildman–Crippen MR) is 73.8 cm³/mol. The largest absolute Gasteiger partial charge is 0.381 e. The first kappa shape index (κ1) is 13.2. The third kappa shape index (κ3) is 3.62. The first-order valence-electron chi connectivity index (χ1n) is 5.96. The molecule has 2 rings (SSSR count). The van der Waals surface area contributed by atoms with Gasteiger partial charge in [-0.15, -0.1) is 11.8 Å². The number of benzene rings is 1. The van der Waals surface area contributed by atoms with E-state index in [4.69, 9.17) is 22.1 Å². The molecule has 0 amide bonds. The molecular weight excluding hydrogens is 254 g/mol. The van der Waals surface area contributed by atoms with E-state index >= 15 is 0 Å². The Labute approximate surface area is 112 Å². The number of ether oxygens (including phenoxy) is 1. The summed E-state index contributed by atoms with van der Waals surface area (Å²) in [5.41, 5.74) is 6.86. The van der Waals surface area contributed by atoms with Gasteiger partial charge in [0.15, 0.2) is 0 Å². The average Bonchev–Trinajstić information content (AvgIpc) is 2.30. The van der Waals surface area contributed by atoms with Gasteiger partial charge in [-0.3, -0.25) is 0 Å². The summed E-state index contributed by atoms with van der Waals surface area (Å²) < 4.78 is 5.36. The van der Waals surface area contributed by atoms with Gasteiger partial charge in [-0.2, -0.15) is 0 Å². The summed E-state index contributed by atoms with van der Waals surface area (Å²) in [5.74, 6) is 0. The third-order valence-corrected chi connectivity index (χ3v) is 4.59. The molecule has 0 aliphatic carbocycles. The Hall–Kier alpha value is -0.220.